The van der Waals surface area contributed by atoms with Crippen LogP contribution >= 0.6 is 23.1 Å². The van der Waals surface area contributed by atoms with Crippen molar-refractivity contribution in [2.75, 3.05) is 5.32 Å². The van der Waals surface area contributed by atoms with Gasteiger partial charge >= 0.3 is 0 Å². The minimum Gasteiger partial charge on any atom is -0.360 e. The predicted molar refractivity (Wildman–Crippen MR) is 111 cm³/mol. The van der Waals surface area contributed by atoms with Crippen LogP contribution in [0.25, 0.3) is 21.3 Å². The minimum absolute atomic E-state index is 0.215. The van der Waals surface area contributed by atoms with Crippen molar-refractivity contribution in [1.82, 2.24) is 15.1 Å². The number of hydrogen-bond acceptors (Lipinski definition) is 7. The van der Waals surface area contributed by atoms with E-state index in [0.717, 1.165) is 11.1 Å². The van der Waals surface area contributed by atoms with Crippen molar-refractivity contribution in [3.05, 3.63) is 57.9 Å². The number of thiophene rings is 1. The first-order valence-corrected chi connectivity index (χ1v) is 10.2. The van der Waals surface area contributed by atoms with Crippen LogP contribution < -0.4 is 10.9 Å². The topological polar surface area (TPSA) is 101 Å². The highest BCUT2D eigenvalue weighted by Crippen LogP contribution is 2.32. The number of amides is 1. The second-order valence-electron chi connectivity index (χ2n) is 6.14. The van der Waals surface area contributed by atoms with Crippen molar-refractivity contribution in [2.24, 2.45) is 0 Å². The predicted octanol–water partition coefficient (Wildman–Crippen LogP) is 4.07. The van der Waals surface area contributed by atoms with Crippen LogP contribution in [0.15, 0.2) is 56.3 Å². The Morgan fingerprint density at radius 3 is 2.82 bits per heavy atom. The molecule has 7 nitrogen and oxygen atoms in total. The van der Waals surface area contributed by atoms with Gasteiger partial charge in [-0.3, -0.25) is 9.59 Å². The Morgan fingerprint density at radius 1 is 1.32 bits per heavy atom. The largest absolute Gasteiger partial charge is 0.360 e. The summed E-state index contributed by atoms with van der Waals surface area (Å²) in [5.41, 5.74) is 1.61. The zero-order chi connectivity index (χ0) is 19.7. The first-order valence-electron chi connectivity index (χ1n) is 8.49. The number of carbonyl (C=O) groups is 1. The van der Waals surface area contributed by atoms with E-state index in [9.17, 15) is 9.59 Å². The van der Waals surface area contributed by atoms with Crippen LogP contribution in [-0.2, 0) is 4.79 Å². The summed E-state index contributed by atoms with van der Waals surface area (Å²) in [6, 6.07) is 11.4. The summed E-state index contributed by atoms with van der Waals surface area (Å²) in [5.74, 6) is 0.716. The molecule has 1 aromatic carbocycles. The number of benzene rings is 1. The molecule has 0 radical (unpaired) electrons. The van der Waals surface area contributed by atoms with E-state index in [4.69, 9.17) is 4.52 Å². The van der Waals surface area contributed by atoms with Gasteiger partial charge in [0.2, 0.25) is 5.91 Å². The van der Waals surface area contributed by atoms with Crippen LogP contribution in [0.5, 0.6) is 0 Å². The fourth-order valence-corrected chi connectivity index (χ4v) is 4.49. The standard InChI is InChI=1S/C19H16N4O3S2/c1-10-8-14(23-26-10)20-16(24)11(2)28-19-21-17(25)15-13(9-27-18(15)22-19)12-6-4-3-5-7-12/h3-9,11H,1-2H3,(H,20,23,24)(H,21,22,25)/t11-/m1/s1. The van der Waals surface area contributed by atoms with Gasteiger partial charge in [-0.25, -0.2) is 4.98 Å². The van der Waals surface area contributed by atoms with Gasteiger partial charge in [0, 0.05) is 17.0 Å². The molecule has 1 amide bonds. The smallest absolute Gasteiger partial charge is 0.260 e. The van der Waals surface area contributed by atoms with E-state index >= 15 is 0 Å². The Bertz CT molecular complexity index is 1200. The van der Waals surface area contributed by atoms with Crippen molar-refractivity contribution >= 4 is 45.0 Å². The molecule has 28 heavy (non-hydrogen) atoms. The number of aromatic amines is 1. The first-order chi connectivity index (χ1) is 13.5. The molecule has 4 aromatic rings. The molecule has 2 N–H and O–H groups in total. The average Bonchev–Trinajstić information content (AvgIpc) is 3.28. The van der Waals surface area contributed by atoms with E-state index in [0.29, 0.717) is 27.0 Å². The first kappa shape index (κ1) is 18.5. The fourth-order valence-electron chi connectivity index (χ4n) is 2.69. The third kappa shape index (κ3) is 3.71. The van der Waals surface area contributed by atoms with Crippen LogP contribution in [0, 0.1) is 6.92 Å². The molecule has 0 saturated carbocycles. The Morgan fingerprint density at radius 2 is 2.11 bits per heavy atom. The Balaban J connectivity index is 1.56. The summed E-state index contributed by atoms with van der Waals surface area (Å²) in [6.07, 6.45) is 0. The minimum atomic E-state index is -0.480. The molecular weight excluding hydrogens is 396 g/mol. The molecule has 142 valence electrons. The van der Waals surface area contributed by atoms with Gasteiger partial charge in [0.15, 0.2) is 11.0 Å². The monoisotopic (exact) mass is 412 g/mol. The van der Waals surface area contributed by atoms with Gasteiger partial charge in [-0.2, -0.15) is 0 Å². The number of rotatable bonds is 5. The second-order valence-corrected chi connectivity index (χ2v) is 8.33. The lowest BCUT2D eigenvalue weighted by Crippen LogP contribution is -2.23. The van der Waals surface area contributed by atoms with Crippen LogP contribution in [-0.4, -0.2) is 26.3 Å². The molecule has 1 atom stereocenters. The summed E-state index contributed by atoms with van der Waals surface area (Å²) >= 11 is 2.59. The van der Waals surface area contributed by atoms with E-state index in [1.165, 1.54) is 23.1 Å². The van der Waals surface area contributed by atoms with Gasteiger partial charge in [0.25, 0.3) is 5.56 Å². The van der Waals surface area contributed by atoms with Crippen molar-refractivity contribution in [2.45, 2.75) is 24.3 Å². The van der Waals surface area contributed by atoms with E-state index in [2.05, 4.69) is 20.4 Å². The number of nitrogens with one attached hydrogen (secondary N) is 2. The number of H-pyrrole nitrogens is 1. The molecule has 0 aliphatic carbocycles. The molecule has 4 rings (SSSR count). The van der Waals surface area contributed by atoms with E-state index in [1.807, 2.05) is 35.7 Å². The van der Waals surface area contributed by atoms with Gasteiger partial charge in [-0.05, 0) is 19.4 Å². The van der Waals surface area contributed by atoms with E-state index in [1.54, 1.807) is 19.9 Å². The van der Waals surface area contributed by atoms with Crippen molar-refractivity contribution < 1.29 is 9.32 Å². The number of thioether (sulfide) groups is 1. The quantitative estimate of drug-likeness (QED) is 0.379. The highest BCUT2D eigenvalue weighted by Gasteiger charge is 2.19. The number of hydrogen-bond donors (Lipinski definition) is 2. The maximum Gasteiger partial charge on any atom is 0.260 e. The lowest BCUT2D eigenvalue weighted by molar-refractivity contribution is -0.115. The molecule has 3 heterocycles. The number of aryl methyl sites for hydroxylation is 1. The zero-order valence-electron chi connectivity index (χ0n) is 15.1. The summed E-state index contributed by atoms with van der Waals surface area (Å²) in [6.45, 7) is 3.48. The van der Waals surface area contributed by atoms with Crippen LogP contribution in [0.2, 0.25) is 0 Å². The third-order valence-corrected chi connectivity index (χ3v) is 5.90. The van der Waals surface area contributed by atoms with Crippen molar-refractivity contribution in [1.29, 1.82) is 0 Å². The van der Waals surface area contributed by atoms with Crippen molar-refractivity contribution in [3.8, 4) is 11.1 Å². The molecule has 9 heteroatoms. The van der Waals surface area contributed by atoms with Gasteiger partial charge in [0.1, 0.15) is 10.6 Å². The van der Waals surface area contributed by atoms with Gasteiger partial charge in [-0.1, -0.05) is 47.3 Å². The Hall–Kier alpha value is -2.91. The molecular formula is C19H16N4O3S2. The number of fused-ring (bicyclic) bond motifs is 1. The molecule has 0 aliphatic rings. The van der Waals surface area contributed by atoms with E-state index < -0.39 is 5.25 Å². The van der Waals surface area contributed by atoms with Crippen LogP contribution in [0.4, 0.5) is 5.82 Å². The SMILES string of the molecule is Cc1cc(NC(=O)[C@@H](C)Sc2nc3scc(-c4ccccc4)c3c(=O)[nH]2)no1. The highest BCUT2D eigenvalue weighted by molar-refractivity contribution is 8.00. The van der Waals surface area contributed by atoms with Gasteiger partial charge in [-0.15, -0.1) is 11.3 Å². The van der Waals surface area contributed by atoms with Crippen molar-refractivity contribution in [3.63, 3.8) is 0 Å². The molecule has 0 fully saturated rings. The molecule has 3 aromatic heterocycles. The third-order valence-electron chi connectivity index (χ3n) is 4.04. The number of nitrogens with zero attached hydrogens (tertiary/aromatic N) is 2. The Labute approximate surface area is 168 Å². The average molecular weight is 412 g/mol. The lowest BCUT2D eigenvalue weighted by atomic mass is 10.1. The molecule has 0 saturated heterocycles. The molecule has 0 spiro atoms. The molecule has 0 unspecified atom stereocenters. The maximum absolute atomic E-state index is 12.7. The lowest BCUT2D eigenvalue weighted by Gasteiger charge is -2.09. The Kier molecular flexibility index (Phi) is 5.01. The van der Waals surface area contributed by atoms with Gasteiger partial charge < -0.3 is 14.8 Å². The number of carbonyl (C=O) groups excluding carboxylic acids is 1. The molecule has 0 bridgehead atoms. The van der Waals surface area contributed by atoms with Crippen LogP contribution in [0.1, 0.15) is 12.7 Å². The summed E-state index contributed by atoms with van der Waals surface area (Å²) in [5, 5.41) is 8.84. The summed E-state index contributed by atoms with van der Waals surface area (Å²) in [4.78, 5) is 33.0. The molecule has 0 aliphatic heterocycles. The summed E-state index contributed by atoms with van der Waals surface area (Å²) < 4.78 is 4.94. The normalized spacial score (nSPS) is 12.2. The number of anilines is 1. The van der Waals surface area contributed by atoms with Crippen LogP contribution in [0.3, 0.4) is 0 Å². The summed E-state index contributed by atoms with van der Waals surface area (Å²) in [7, 11) is 0. The zero-order valence-corrected chi connectivity index (χ0v) is 16.7. The highest BCUT2D eigenvalue weighted by atomic mass is 32.2. The van der Waals surface area contributed by atoms with Gasteiger partial charge in [0.05, 0.1) is 10.6 Å². The number of aromatic nitrogens is 3. The second kappa shape index (κ2) is 7.61. The fraction of sp³-hybridized carbons (Fsp3) is 0.158. The van der Waals surface area contributed by atoms with E-state index in [-0.39, 0.29) is 11.5 Å². The maximum atomic E-state index is 12.7.